The first kappa shape index (κ1) is 12.2. The molecule has 0 aliphatic heterocycles. The molecule has 0 spiro atoms. The first-order chi connectivity index (χ1) is 7.27. The minimum Gasteiger partial charge on any atom is -0.316 e. The fourth-order valence-electron chi connectivity index (χ4n) is 1.43. The van der Waals surface area contributed by atoms with Crippen molar-refractivity contribution >= 4 is 0 Å². The van der Waals surface area contributed by atoms with Crippen molar-refractivity contribution in [3.63, 3.8) is 0 Å². The van der Waals surface area contributed by atoms with Crippen molar-refractivity contribution in [1.82, 2.24) is 20.1 Å². The molecule has 1 N–H and O–H groups in total. The monoisotopic (exact) mass is 210 g/mol. The van der Waals surface area contributed by atoms with Gasteiger partial charge in [-0.2, -0.15) is 0 Å². The number of nitrogens with one attached hydrogen (secondary N) is 1. The van der Waals surface area contributed by atoms with E-state index in [2.05, 4.69) is 40.9 Å². The molecule has 0 aromatic carbocycles. The van der Waals surface area contributed by atoms with E-state index in [1.165, 1.54) is 6.42 Å². The van der Waals surface area contributed by atoms with Gasteiger partial charge in [-0.15, -0.1) is 10.2 Å². The van der Waals surface area contributed by atoms with Crippen LogP contribution in [0.1, 0.15) is 33.0 Å². The maximum absolute atomic E-state index is 4.05. The Balaban J connectivity index is 2.20. The Morgan fingerprint density at radius 3 is 2.93 bits per heavy atom. The van der Waals surface area contributed by atoms with Crippen LogP contribution in [-0.2, 0) is 13.0 Å². The lowest BCUT2D eigenvalue weighted by molar-refractivity contribution is 0.482. The van der Waals surface area contributed by atoms with Crippen LogP contribution in [-0.4, -0.2) is 27.9 Å². The van der Waals surface area contributed by atoms with Crippen molar-refractivity contribution in [1.29, 1.82) is 0 Å². The van der Waals surface area contributed by atoms with Gasteiger partial charge in [0.1, 0.15) is 12.2 Å². The average Bonchev–Trinajstić information content (AvgIpc) is 2.71. The molecule has 0 fully saturated rings. The van der Waals surface area contributed by atoms with Crippen LogP contribution in [0.2, 0.25) is 0 Å². The highest BCUT2D eigenvalue weighted by Crippen LogP contribution is 1.98. The van der Waals surface area contributed by atoms with E-state index in [-0.39, 0.29) is 0 Å². The molecule has 4 nitrogen and oxygen atoms in total. The van der Waals surface area contributed by atoms with E-state index in [0.29, 0.717) is 0 Å². The van der Waals surface area contributed by atoms with Crippen LogP contribution in [0.5, 0.6) is 0 Å². The maximum atomic E-state index is 4.05. The Hall–Kier alpha value is -0.900. The normalized spacial score (nSPS) is 13.0. The summed E-state index contributed by atoms with van der Waals surface area (Å²) in [5.74, 6) is 1.83. The molecule has 4 heteroatoms. The first-order valence-electron chi connectivity index (χ1n) is 5.85. The van der Waals surface area contributed by atoms with Crippen molar-refractivity contribution < 1.29 is 0 Å². The Kier molecular flexibility index (Phi) is 5.32. The molecular weight excluding hydrogens is 188 g/mol. The second-order valence-corrected chi connectivity index (χ2v) is 4.01. The van der Waals surface area contributed by atoms with Gasteiger partial charge < -0.3 is 9.88 Å². The summed E-state index contributed by atoms with van der Waals surface area (Å²) in [6.45, 7) is 9.65. The Morgan fingerprint density at radius 1 is 1.47 bits per heavy atom. The van der Waals surface area contributed by atoms with Crippen molar-refractivity contribution in [3.8, 4) is 0 Å². The zero-order valence-electron chi connectivity index (χ0n) is 10.0. The summed E-state index contributed by atoms with van der Waals surface area (Å²) in [6, 6.07) is 0. The van der Waals surface area contributed by atoms with Gasteiger partial charge in [0.2, 0.25) is 0 Å². The van der Waals surface area contributed by atoms with E-state index < -0.39 is 0 Å². The minimum absolute atomic E-state index is 0.761. The topological polar surface area (TPSA) is 42.7 Å². The predicted molar refractivity (Wildman–Crippen MR) is 61.7 cm³/mol. The molecule has 1 atom stereocenters. The molecule has 0 saturated heterocycles. The van der Waals surface area contributed by atoms with Crippen LogP contribution in [0.4, 0.5) is 0 Å². The fourth-order valence-corrected chi connectivity index (χ4v) is 1.43. The lowest BCUT2D eigenvalue weighted by Crippen LogP contribution is -2.25. The zero-order valence-corrected chi connectivity index (χ0v) is 10.0. The van der Waals surface area contributed by atoms with Gasteiger partial charge in [0, 0.05) is 19.5 Å². The number of hydrogen-bond donors (Lipinski definition) is 1. The minimum atomic E-state index is 0.761. The summed E-state index contributed by atoms with van der Waals surface area (Å²) < 4.78 is 2.11. The van der Waals surface area contributed by atoms with Crippen molar-refractivity contribution in [2.45, 2.75) is 40.2 Å². The van der Waals surface area contributed by atoms with Gasteiger partial charge in [0.25, 0.3) is 0 Å². The van der Waals surface area contributed by atoms with Crippen LogP contribution in [0, 0.1) is 5.92 Å². The number of rotatable bonds is 7. The first-order valence-corrected chi connectivity index (χ1v) is 5.85. The largest absolute Gasteiger partial charge is 0.316 e. The van der Waals surface area contributed by atoms with Gasteiger partial charge >= 0.3 is 0 Å². The lowest BCUT2D eigenvalue weighted by Gasteiger charge is -2.10. The molecule has 1 rings (SSSR count). The molecule has 0 amide bonds. The van der Waals surface area contributed by atoms with E-state index >= 15 is 0 Å². The van der Waals surface area contributed by atoms with Crippen LogP contribution in [0.15, 0.2) is 6.33 Å². The Morgan fingerprint density at radius 2 is 2.27 bits per heavy atom. The van der Waals surface area contributed by atoms with E-state index in [4.69, 9.17) is 0 Å². The number of hydrogen-bond acceptors (Lipinski definition) is 3. The SMILES string of the molecule is CCc1nncn1CCNCC(C)CC. The molecule has 0 bridgehead atoms. The molecule has 1 aromatic rings. The zero-order chi connectivity index (χ0) is 11.1. The quantitative estimate of drug-likeness (QED) is 0.693. The molecule has 1 heterocycles. The second kappa shape index (κ2) is 6.56. The van der Waals surface area contributed by atoms with Crippen molar-refractivity contribution in [2.75, 3.05) is 13.1 Å². The molecule has 0 aliphatic rings. The van der Waals surface area contributed by atoms with Gasteiger partial charge in [0.15, 0.2) is 0 Å². The van der Waals surface area contributed by atoms with Crippen molar-refractivity contribution in [3.05, 3.63) is 12.2 Å². The van der Waals surface area contributed by atoms with E-state index in [0.717, 1.165) is 37.8 Å². The number of aromatic nitrogens is 3. The Labute approximate surface area is 92.1 Å². The highest BCUT2D eigenvalue weighted by molar-refractivity contribution is 4.84. The maximum Gasteiger partial charge on any atom is 0.132 e. The van der Waals surface area contributed by atoms with Crippen LogP contribution in [0.3, 0.4) is 0 Å². The highest BCUT2D eigenvalue weighted by Gasteiger charge is 2.01. The molecule has 0 radical (unpaired) electrons. The van der Waals surface area contributed by atoms with Gasteiger partial charge in [-0.1, -0.05) is 27.2 Å². The molecule has 86 valence electrons. The summed E-state index contributed by atoms with van der Waals surface area (Å²) in [5.41, 5.74) is 0. The molecule has 0 aliphatic carbocycles. The third-order valence-corrected chi connectivity index (χ3v) is 2.73. The summed E-state index contributed by atoms with van der Waals surface area (Å²) in [6.07, 6.45) is 4.00. The number of nitrogens with zero attached hydrogens (tertiary/aromatic N) is 3. The van der Waals surface area contributed by atoms with Crippen LogP contribution >= 0.6 is 0 Å². The van der Waals surface area contributed by atoms with Crippen LogP contribution in [0.25, 0.3) is 0 Å². The number of aryl methyl sites for hydroxylation is 1. The summed E-state index contributed by atoms with van der Waals surface area (Å²) in [7, 11) is 0. The predicted octanol–water partition coefficient (Wildman–Crippen LogP) is 1.48. The summed E-state index contributed by atoms with van der Waals surface area (Å²) in [5, 5.41) is 11.4. The smallest absolute Gasteiger partial charge is 0.132 e. The lowest BCUT2D eigenvalue weighted by atomic mass is 10.1. The van der Waals surface area contributed by atoms with Gasteiger partial charge in [-0.05, 0) is 12.5 Å². The van der Waals surface area contributed by atoms with E-state index in [9.17, 15) is 0 Å². The molecule has 15 heavy (non-hydrogen) atoms. The molecule has 1 aromatic heterocycles. The average molecular weight is 210 g/mol. The standard InChI is InChI=1S/C11H22N4/c1-4-10(3)8-12-6-7-15-9-13-14-11(15)5-2/h9-10,12H,4-8H2,1-3H3. The van der Waals surface area contributed by atoms with Crippen molar-refractivity contribution in [2.24, 2.45) is 5.92 Å². The third kappa shape index (κ3) is 4.00. The van der Waals surface area contributed by atoms with Crippen LogP contribution < -0.4 is 5.32 Å². The van der Waals surface area contributed by atoms with Gasteiger partial charge in [-0.3, -0.25) is 0 Å². The third-order valence-electron chi connectivity index (χ3n) is 2.73. The highest BCUT2D eigenvalue weighted by atomic mass is 15.3. The van der Waals surface area contributed by atoms with Gasteiger partial charge in [-0.25, -0.2) is 0 Å². The summed E-state index contributed by atoms with van der Waals surface area (Å²) >= 11 is 0. The molecular formula is C11H22N4. The fraction of sp³-hybridized carbons (Fsp3) is 0.818. The summed E-state index contributed by atoms with van der Waals surface area (Å²) in [4.78, 5) is 0. The second-order valence-electron chi connectivity index (χ2n) is 4.01. The molecule has 1 unspecified atom stereocenters. The van der Waals surface area contributed by atoms with E-state index in [1.807, 2.05) is 6.33 Å². The molecule has 0 saturated carbocycles. The Bertz CT molecular complexity index is 269. The van der Waals surface area contributed by atoms with Gasteiger partial charge in [0.05, 0.1) is 0 Å². The van der Waals surface area contributed by atoms with E-state index in [1.54, 1.807) is 0 Å².